The third-order valence-corrected chi connectivity index (χ3v) is 3.33. The molecule has 0 saturated heterocycles. The van der Waals surface area contributed by atoms with Crippen molar-refractivity contribution in [3.8, 4) is 0 Å². The van der Waals surface area contributed by atoms with Crippen molar-refractivity contribution in [1.82, 2.24) is 14.6 Å². The largest absolute Gasteiger partial charge is 0.319 e. The Labute approximate surface area is 103 Å². The number of hydrogen-bond donors (Lipinski definition) is 1. The van der Waals surface area contributed by atoms with E-state index in [0.29, 0.717) is 5.56 Å². The molecular weight excluding hydrogens is 239 g/mol. The quantitative estimate of drug-likeness (QED) is 0.909. The van der Waals surface area contributed by atoms with Gasteiger partial charge in [0.2, 0.25) is 0 Å². The zero-order valence-corrected chi connectivity index (χ0v) is 10.4. The standard InChI is InChI=1S/C11H13FN4S/c1-6(2)10-11(17-16-15-10)9(13)7-3-4-14-5-8(7)12/h3-6,9H,13H2,1-2H3. The van der Waals surface area contributed by atoms with Gasteiger partial charge in [-0.3, -0.25) is 4.98 Å². The van der Waals surface area contributed by atoms with E-state index in [2.05, 4.69) is 14.6 Å². The SMILES string of the molecule is CC(C)c1nnsc1C(N)c1ccncc1F. The molecule has 2 heterocycles. The average molecular weight is 252 g/mol. The van der Waals surface area contributed by atoms with Gasteiger partial charge in [-0.15, -0.1) is 5.10 Å². The second kappa shape index (κ2) is 4.85. The van der Waals surface area contributed by atoms with Crippen molar-refractivity contribution in [2.45, 2.75) is 25.8 Å². The number of nitrogens with zero attached hydrogens (tertiary/aromatic N) is 3. The van der Waals surface area contributed by atoms with Crippen LogP contribution in [0, 0.1) is 5.82 Å². The molecule has 2 rings (SSSR count). The minimum absolute atomic E-state index is 0.222. The van der Waals surface area contributed by atoms with Gasteiger partial charge >= 0.3 is 0 Å². The minimum atomic E-state index is -0.532. The van der Waals surface area contributed by atoms with Gasteiger partial charge in [-0.1, -0.05) is 18.3 Å². The van der Waals surface area contributed by atoms with Gasteiger partial charge in [-0.2, -0.15) is 0 Å². The molecule has 0 aliphatic rings. The highest BCUT2D eigenvalue weighted by atomic mass is 32.1. The maximum Gasteiger partial charge on any atom is 0.146 e. The van der Waals surface area contributed by atoms with E-state index in [9.17, 15) is 4.39 Å². The van der Waals surface area contributed by atoms with Gasteiger partial charge in [-0.05, 0) is 23.5 Å². The van der Waals surface area contributed by atoms with Crippen molar-refractivity contribution in [1.29, 1.82) is 0 Å². The molecule has 0 radical (unpaired) electrons. The zero-order chi connectivity index (χ0) is 12.4. The Morgan fingerprint density at radius 1 is 1.41 bits per heavy atom. The van der Waals surface area contributed by atoms with Crippen LogP contribution in [0.2, 0.25) is 0 Å². The summed E-state index contributed by atoms with van der Waals surface area (Å²) in [5.41, 5.74) is 7.32. The average Bonchev–Trinajstić information content (AvgIpc) is 2.77. The summed E-state index contributed by atoms with van der Waals surface area (Å²) in [6.45, 7) is 4.02. The van der Waals surface area contributed by atoms with E-state index in [4.69, 9.17) is 5.73 Å². The van der Waals surface area contributed by atoms with Crippen LogP contribution in [0.25, 0.3) is 0 Å². The number of aromatic nitrogens is 3. The molecule has 0 bridgehead atoms. The van der Waals surface area contributed by atoms with E-state index in [-0.39, 0.29) is 5.92 Å². The number of rotatable bonds is 3. The fourth-order valence-electron chi connectivity index (χ4n) is 1.60. The molecule has 1 atom stereocenters. The van der Waals surface area contributed by atoms with E-state index in [0.717, 1.165) is 10.6 Å². The van der Waals surface area contributed by atoms with Crippen LogP contribution in [0.5, 0.6) is 0 Å². The third-order valence-electron chi connectivity index (χ3n) is 2.51. The molecule has 6 heteroatoms. The van der Waals surface area contributed by atoms with Gasteiger partial charge in [0.05, 0.1) is 22.8 Å². The number of pyridine rings is 1. The van der Waals surface area contributed by atoms with Gasteiger partial charge in [0.25, 0.3) is 0 Å². The van der Waals surface area contributed by atoms with Crippen LogP contribution < -0.4 is 5.73 Å². The van der Waals surface area contributed by atoms with Crippen molar-refractivity contribution in [3.05, 3.63) is 40.4 Å². The van der Waals surface area contributed by atoms with Crippen LogP contribution in [-0.2, 0) is 0 Å². The van der Waals surface area contributed by atoms with E-state index in [1.165, 1.54) is 23.9 Å². The lowest BCUT2D eigenvalue weighted by Crippen LogP contribution is -2.14. The summed E-state index contributed by atoms with van der Waals surface area (Å²) in [4.78, 5) is 4.52. The maximum absolute atomic E-state index is 13.6. The first-order valence-electron chi connectivity index (χ1n) is 5.28. The molecule has 4 nitrogen and oxygen atoms in total. The minimum Gasteiger partial charge on any atom is -0.319 e. The van der Waals surface area contributed by atoms with Crippen LogP contribution in [-0.4, -0.2) is 14.6 Å². The lowest BCUT2D eigenvalue weighted by molar-refractivity contribution is 0.593. The summed E-state index contributed by atoms with van der Waals surface area (Å²) in [5, 5.41) is 4.04. The Hall–Kier alpha value is -1.40. The summed E-state index contributed by atoms with van der Waals surface area (Å²) in [6.07, 6.45) is 2.69. The molecule has 90 valence electrons. The normalized spacial score (nSPS) is 13.0. The van der Waals surface area contributed by atoms with E-state index in [1.807, 2.05) is 13.8 Å². The molecule has 0 saturated carbocycles. The van der Waals surface area contributed by atoms with Crippen molar-refractivity contribution < 1.29 is 4.39 Å². The lowest BCUT2D eigenvalue weighted by atomic mass is 10.0. The molecule has 0 aromatic carbocycles. The van der Waals surface area contributed by atoms with Gasteiger partial charge in [0, 0.05) is 11.8 Å². The molecule has 0 aliphatic heterocycles. The van der Waals surface area contributed by atoms with Gasteiger partial charge in [0.15, 0.2) is 0 Å². The van der Waals surface area contributed by atoms with E-state index >= 15 is 0 Å². The van der Waals surface area contributed by atoms with Crippen LogP contribution in [0.3, 0.4) is 0 Å². The maximum atomic E-state index is 13.6. The Balaban J connectivity index is 2.41. The first kappa shape index (κ1) is 12.1. The predicted octanol–water partition coefficient (Wildman–Crippen LogP) is 2.24. The Kier molecular flexibility index (Phi) is 3.44. The summed E-state index contributed by atoms with van der Waals surface area (Å²) in [5.74, 6) is -0.178. The van der Waals surface area contributed by atoms with Crippen LogP contribution in [0.15, 0.2) is 18.5 Å². The van der Waals surface area contributed by atoms with Crippen LogP contribution in [0.4, 0.5) is 4.39 Å². The topological polar surface area (TPSA) is 64.7 Å². The Morgan fingerprint density at radius 2 is 2.18 bits per heavy atom. The molecule has 2 aromatic heterocycles. The smallest absolute Gasteiger partial charge is 0.146 e. The molecule has 2 aromatic rings. The highest BCUT2D eigenvalue weighted by Gasteiger charge is 2.21. The molecular formula is C11H13FN4S. The molecule has 0 aliphatic carbocycles. The summed E-state index contributed by atoms with van der Waals surface area (Å²) in [6, 6.07) is 1.06. The van der Waals surface area contributed by atoms with Crippen molar-refractivity contribution in [3.63, 3.8) is 0 Å². The predicted molar refractivity (Wildman–Crippen MR) is 64.2 cm³/mol. The Morgan fingerprint density at radius 3 is 2.82 bits per heavy atom. The van der Waals surface area contributed by atoms with Gasteiger partial charge < -0.3 is 5.73 Å². The molecule has 17 heavy (non-hydrogen) atoms. The monoisotopic (exact) mass is 252 g/mol. The van der Waals surface area contributed by atoms with Crippen LogP contribution in [0.1, 0.15) is 41.9 Å². The van der Waals surface area contributed by atoms with Gasteiger partial charge in [-0.25, -0.2) is 4.39 Å². The first-order valence-corrected chi connectivity index (χ1v) is 6.05. The molecule has 0 spiro atoms. The summed E-state index contributed by atoms with van der Waals surface area (Å²) >= 11 is 1.22. The van der Waals surface area contributed by atoms with Crippen LogP contribution >= 0.6 is 11.5 Å². The first-order chi connectivity index (χ1) is 8.11. The number of nitrogens with two attached hydrogens (primary N) is 1. The second-order valence-electron chi connectivity index (χ2n) is 4.05. The highest BCUT2D eigenvalue weighted by molar-refractivity contribution is 7.05. The number of halogens is 1. The highest BCUT2D eigenvalue weighted by Crippen LogP contribution is 2.29. The Bertz CT molecular complexity index is 512. The van der Waals surface area contributed by atoms with E-state index in [1.54, 1.807) is 6.07 Å². The van der Waals surface area contributed by atoms with E-state index < -0.39 is 11.9 Å². The van der Waals surface area contributed by atoms with Crippen molar-refractivity contribution in [2.75, 3.05) is 0 Å². The van der Waals surface area contributed by atoms with Crippen molar-refractivity contribution in [2.24, 2.45) is 5.73 Å². The summed E-state index contributed by atoms with van der Waals surface area (Å²) < 4.78 is 17.5. The summed E-state index contributed by atoms with van der Waals surface area (Å²) in [7, 11) is 0. The lowest BCUT2D eigenvalue weighted by Gasteiger charge is -2.12. The fraction of sp³-hybridized carbons (Fsp3) is 0.364. The second-order valence-corrected chi connectivity index (χ2v) is 4.84. The third kappa shape index (κ3) is 2.32. The van der Waals surface area contributed by atoms with Crippen molar-refractivity contribution >= 4 is 11.5 Å². The molecule has 2 N–H and O–H groups in total. The number of hydrogen-bond acceptors (Lipinski definition) is 5. The molecule has 0 amide bonds. The van der Waals surface area contributed by atoms with Gasteiger partial charge in [0.1, 0.15) is 5.82 Å². The fourth-order valence-corrected chi connectivity index (χ4v) is 2.43. The molecule has 0 fully saturated rings. The zero-order valence-electron chi connectivity index (χ0n) is 9.59. The molecule has 1 unspecified atom stereocenters.